The van der Waals surface area contributed by atoms with E-state index >= 15 is 4.39 Å². The van der Waals surface area contributed by atoms with E-state index in [1.807, 2.05) is 25.7 Å². The van der Waals surface area contributed by atoms with Gasteiger partial charge in [0.25, 0.3) is 0 Å². The predicted molar refractivity (Wildman–Crippen MR) is 130 cm³/mol. The molecule has 0 aliphatic carbocycles. The maximum absolute atomic E-state index is 15.5. The molecule has 2 fully saturated rings. The van der Waals surface area contributed by atoms with E-state index in [-0.39, 0.29) is 21.6 Å². The van der Waals surface area contributed by atoms with Gasteiger partial charge in [-0.1, -0.05) is 56.1 Å². The number of nitrogens with zero attached hydrogens (tertiary/aromatic N) is 1. The van der Waals surface area contributed by atoms with Crippen LogP contribution in [-0.2, 0) is 21.2 Å². The first-order valence-corrected chi connectivity index (χ1v) is 12.3. The van der Waals surface area contributed by atoms with Crippen molar-refractivity contribution in [1.82, 2.24) is 4.90 Å². The van der Waals surface area contributed by atoms with E-state index in [0.717, 1.165) is 12.1 Å². The Hall–Kier alpha value is -1.87. The van der Waals surface area contributed by atoms with Crippen molar-refractivity contribution in [2.45, 2.75) is 76.5 Å². The maximum Gasteiger partial charge on any atom is 0.417 e. The molecule has 2 heterocycles. The monoisotopic (exact) mass is 546 g/mol. The van der Waals surface area contributed by atoms with Crippen molar-refractivity contribution in [3.63, 3.8) is 0 Å². The minimum atomic E-state index is -4.66. The fourth-order valence-electron chi connectivity index (χ4n) is 5.82. The third-order valence-corrected chi connectivity index (χ3v) is 7.64. The number of carbonyl (C=O) groups excluding carboxylic acids is 1. The summed E-state index contributed by atoms with van der Waals surface area (Å²) in [5.74, 6) is -2.21. The van der Waals surface area contributed by atoms with Gasteiger partial charge in [0, 0.05) is 22.5 Å². The van der Waals surface area contributed by atoms with Crippen molar-refractivity contribution in [3.05, 3.63) is 69.0 Å². The van der Waals surface area contributed by atoms with E-state index in [2.05, 4.69) is 0 Å². The number of ether oxygens (including phenoxy) is 1. The smallest absolute Gasteiger partial charge is 0.417 e. The lowest BCUT2D eigenvalue weighted by molar-refractivity contribution is -0.152. The highest BCUT2D eigenvalue weighted by Gasteiger charge is 2.69. The second-order valence-electron chi connectivity index (χ2n) is 11.3. The van der Waals surface area contributed by atoms with Crippen LogP contribution in [0, 0.1) is 11.2 Å². The van der Waals surface area contributed by atoms with Gasteiger partial charge in [-0.2, -0.15) is 13.2 Å². The lowest BCUT2D eigenvalue weighted by Crippen LogP contribution is -2.56. The Kier molecular flexibility index (Phi) is 6.48. The van der Waals surface area contributed by atoms with Crippen LogP contribution >= 0.6 is 23.2 Å². The molecule has 0 aromatic heterocycles. The maximum atomic E-state index is 15.5. The Labute approximate surface area is 217 Å². The molecule has 0 bridgehead atoms. The molecule has 10 heteroatoms. The van der Waals surface area contributed by atoms with Gasteiger partial charge in [-0.15, -0.1) is 0 Å². The quantitative estimate of drug-likeness (QED) is 0.337. The van der Waals surface area contributed by atoms with Gasteiger partial charge in [-0.05, 0) is 55.5 Å². The van der Waals surface area contributed by atoms with Gasteiger partial charge >= 0.3 is 12.1 Å². The SMILES string of the molecule is CC(C)(C)C[C@@H]1N2[C@@H](C(=O)OC2(C)C)[C@H](c2ccc(C(F)(F)F)c(Cl)c2)[C@@]1(N)c1ccc(Cl)cc1F. The molecule has 4 atom stereocenters. The number of fused-ring (bicyclic) bond motifs is 1. The molecule has 2 aromatic carbocycles. The summed E-state index contributed by atoms with van der Waals surface area (Å²) < 4.78 is 61.6. The topological polar surface area (TPSA) is 55.6 Å². The number of halogens is 6. The summed E-state index contributed by atoms with van der Waals surface area (Å²) in [6.07, 6.45) is -4.23. The lowest BCUT2D eigenvalue weighted by Gasteiger charge is -2.44. The van der Waals surface area contributed by atoms with Gasteiger partial charge in [0.15, 0.2) is 5.72 Å². The number of carbonyl (C=O) groups is 1. The van der Waals surface area contributed by atoms with Crippen LogP contribution in [0.3, 0.4) is 0 Å². The molecular weight excluding hydrogens is 519 g/mol. The lowest BCUT2D eigenvalue weighted by atomic mass is 9.68. The fourth-order valence-corrected chi connectivity index (χ4v) is 6.27. The van der Waals surface area contributed by atoms with Gasteiger partial charge < -0.3 is 10.5 Å². The van der Waals surface area contributed by atoms with Crippen molar-refractivity contribution >= 4 is 29.2 Å². The third-order valence-electron chi connectivity index (χ3n) is 7.09. The predicted octanol–water partition coefficient (Wildman–Crippen LogP) is 6.87. The number of nitrogens with two attached hydrogens (primary N) is 1. The number of benzene rings is 2. The number of alkyl halides is 3. The van der Waals surface area contributed by atoms with Crippen LogP contribution in [-0.4, -0.2) is 28.7 Å². The van der Waals surface area contributed by atoms with Gasteiger partial charge in [0.2, 0.25) is 0 Å². The fraction of sp³-hybridized carbons (Fsp3) is 0.500. The van der Waals surface area contributed by atoms with Crippen LogP contribution in [0.25, 0.3) is 0 Å². The summed E-state index contributed by atoms with van der Waals surface area (Å²) in [4.78, 5) is 15.1. The van der Waals surface area contributed by atoms with Crippen molar-refractivity contribution in [3.8, 4) is 0 Å². The second kappa shape index (κ2) is 8.58. The number of hydrogen-bond donors (Lipinski definition) is 1. The zero-order valence-electron chi connectivity index (χ0n) is 20.5. The Morgan fingerprint density at radius 2 is 1.72 bits per heavy atom. The minimum absolute atomic E-state index is 0.111. The Balaban J connectivity index is 2.02. The molecule has 196 valence electrons. The summed E-state index contributed by atoms with van der Waals surface area (Å²) in [5.41, 5.74) is 3.66. The zero-order chi connectivity index (χ0) is 27.0. The molecule has 0 amide bonds. The summed E-state index contributed by atoms with van der Waals surface area (Å²) in [6, 6.07) is 5.82. The average Bonchev–Trinajstić information content (AvgIpc) is 3.08. The molecule has 2 aliphatic rings. The Bertz CT molecular complexity index is 1210. The van der Waals surface area contributed by atoms with E-state index < -0.39 is 57.8 Å². The van der Waals surface area contributed by atoms with Gasteiger partial charge in [0.1, 0.15) is 11.9 Å². The highest BCUT2D eigenvalue weighted by molar-refractivity contribution is 6.31. The summed E-state index contributed by atoms with van der Waals surface area (Å²) in [7, 11) is 0. The van der Waals surface area contributed by atoms with Crippen LogP contribution in [0.15, 0.2) is 36.4 Å². The van der Waals surface area contributed by atoms with Crippen LogP contribution in [0.4, 0.5) is 17.6 Å². The second-order valence-corrected chi connectivity index (χ2v) is 12.1. The first kappa shape index (κ1) is 27.2. The molecule has 0 saturated carbocycles. The first-order chi connectivity index (χ1) is 16.4. The average molecular weight is 547 g/mol. The van der Waals surface area contributed by atoms with Crippen LogP contribution < -0.4 is 5.73 Å². The van der Waals surface area contributed by atoms with Crippen molar-refractivity contribution in [1.29, 1.82) is 0 Å². The summed E-state index contributed by atoms with van der Waals surface area (Å²) in [5, 5.41) is -0.366. The molecule has 0 spiro atoms. The first-order valence-electron chi connectivity index (χ1n) is 11.5. The minimum Gasteiger partial charge on any atom is -0.443 e. The molecular formula is C26H28Cl2F4N2O2. The van der Waals surface area contributed by atoms with E-state index in [1.54, 1.807) is 13.8 Å². The number of esters is 1. The highest BCUT2D eigenvalue weighted by atomic mass is 35.5. The third kappa shape index (κ3) is 4.40. The number of cyclic esters (lactones) is 1. The standard InChI is InChI=1S/C26H28Cl2F4N2O2/c1-23(2,3)12-19-25(33,16-9-7-14(27)11-18(16)29)20(21-22(35)36-24(4,5)34(19)21)13-6-8-15(17(28)10-13)26(30,31)32/h6-11,19-21H,12,33H2,1-5H3/t19-,20-,21+,25+/m0/s1. The molecule has 2 N–H and O–H groups in total. The Morgan fingerprint density at radius 1 is 1.08 bits per heavy atom. The molecule has 36 heavy (non-hydrogen) atoms. The largest absolute Gasteiger partial charge is 0.443 e. The zero-order valence-corrected chi connectivity index (χ0v) is 22.0. The number of rotatable bonds is 3. The van der Waals surface area contributed by atoms with Crippen molar-refractivity contribution in [2.24, 2.45) is 11.1 Å². The molecule has 0 radical (unpaired) electrons. The highest BCUT2D eigenvalue weighted by Crippen LogP contribution is 2.58. The van der Waals surface area contributed by atoms with Gasteiger partial charge in [0.05, 0.1) is 16.1 Å². The molecule has 2 aliphatic heterocycles. The van der Waals surface area contributed by atoms with Crippen LogP contribution in [0.1, 0.15) is 63.6 Å². The molecule has 2 aromatic rings. The number of hydrogen-bond acceptors (Lipinski definition) is 4. The van der Waals surface area contributed by atoms with Crippen LogP contribution in [0.5, 0.6) is 0 Å². The Morgan fingerprint density at radius 3 is 2.25 bits per heavy atom. The van der Waals surface area contributed by atoms with Crippen LogP contribution in [0.2, 0.25) is 10.0 Å². The normalized spacial score (nSPS) is 28.3. The van der Waals surface area contributed by atoms with Gasteiger partial charge in [-0.3, -0.25) is 4.79 Å². The molecule has 2 saturated heterocycles. The van der Waals surface area contributed by atoms with E-state index in [1.165, 1.54) is 24.3 Å². The van der Waals surface area contributed by atoms with E-state index in [4.69, 9.17) is 33.7 Å². The van der Waals surface area contributed by atoms with E-state index in [0.29, 0.717) is 6.42 Å². The summed E-state index contributed by atoms with van der Waals surface area (Å²) >= 11 is 12.1. The van der Waals surface area contributed by atoms with E-state index in [9.17, 15) is 18.0 Å². The summed E-state index contributed by atoms with van der Waals surface area (Å²) in [6.45, 7) is 9.43. The van der Waals surface area contributed by atoms with Gasteiger partial charge in [-0.25, -0.2) is 9.29 Å². The molecule has 4 rings (SSSR count). The molecule has 4 nitrogen and oxygen atoms in total. The van der Waals surface area contributed by atoms with Crippen molar-refractivity contribution in [2.75, 3.05) is 0 Å². The molecule has 0 unspecified atom stereocenters. The van der Waals surface area contributed by atoms with Crippen molar-refractivity contribution < 1.29 is 27.1 Å².